The van der Waals surface area contributed by atoms with Crippen LogP contribution in [-0.2, 0) is 6.18 Å². The lowest BCUT2D eigenvalue weighted by molar-refractivity contribution is -0.138. The van der Waals surface area contributed by atoms with Gasteiger partial charge in [-0.3, -0.25) is 0 Å². The zero-order valence-electron chi connectivity index (χ0n) is 12.2. The minimum atomic E-state index is -4.29. The van der Waals surface area contributed by atoms with Gasteiger partial charge in [0.2, 0.25) is 0 Å². The van der Waals surface area contributed by atoms with E-state index in [0.29, 0.717) is 5.56 Å². The number of hydrogen-bond acceptors (Lipinski definition) is 1. The Bertz CT molecular complexity index is 465. The lowest BCUT2D eigenvalue weighted by Crippen LogP contribution is -2.27. The number of benzene rings is 1. The molecule has 1 aromatic carbocycles. The van der Waals surface area contributed by atoms with Crippen molar-refractivity contribution in [2.45, 2.75) is 45.8 Å². The first kappa shape index (κ1) is 15.4. The van der Waals surface area contributed by atoms with Gasteiger partial charge in [-0.25, -0.2) is 0 Å². The molecule has 1 aromatic rings. The number of hydrogen-bond donors (Lipinski definition) is 1. The molecule has 1 fully saturated rings. The summed E-state index contributed by atoms with van der Waals surface area (Å²) in [5, 5.41) is 3.32. The van der Waals surface area contributed by atoms with E-state index in [2.05, 4.69) is 19.2 Å². The maximum Gasteiger partial charge on any atom is 0.416 e. The Morgan fingerprint density at radius 1 is 1.30 bits per heavy atom. The van der Waals surface area contributed by atoms with Gasteiger partial charge < -0.3 is 5.32 Å². The third-order valence-electron chi connectivity index (χ3n) is 4.21. The van der Waals surface area contributed by atoms with E-state index in [4.69, 9.17) is 0 Å². The number of rotatable bonds is 5. The van der Waals surface area contributed by atoms with Crippen molar-refractivity contribution in [3.05, 3.63) is 35.4 Å². The minimum absolute atomic E-state index is 0.129. The highest BCUT2D eigenvalue weighted by Gasteiger charge is 2.51. The van der Waals surface area contributed by atoms with Crippen LogP contribution in [0, 0.1) is 11.3 Å². The average molecular weight is 285 g/mol. The summed E-state index contributed by atoms with van der Waals surface area (Å²) in [6.45, 7) is 7.00. The smallest absolute Gasteiger partial charge is 0.310 e. The molecule has 112 valence electrons. The fourth-order valence-corrected chi connectivity index (χ4v) is 2.87. The van der Waals surface area contributed by atoms with Crippen molar-refractivity contribution in [1.82, 2.24) is 5.32 Å². The van der Waals surface area contributed by atoms with Crippen molar-refractivity contribution >= 4 is 0 Å². The fraction of sp³-hybridized carbons (Fsp3) is 0.625. The van der Waals surface area contributed by atoms with Gasteiger partial charge in [0.25, 0.3) is 0 Å². The first-order chi connectivity index (χ1) is 9.27. The summed E-state index contributed by atoms with van der Waals surface area (Å²) < 4.78 is 39.5. The van der Waals surface area contributed by atoms with Crippen molar-refractivity contribution in [2.75, 3.05) is 6.54 Å². The summed E-state index contributed by atoms with van der Waals surface area (Å²) in [4.78, 5) is 0. The topological polar surface area (TPSA) is 12.0 Å². The standard InChI is InChI=1S/C16H22F3N/c1-4-9-20-14(13-10-15(13,2)3)11-7-5-6-8-12(11)16(17,18)19/h5-8,13-14,20H,4,9-10H2,1-3H3. The van der Waals surface area contributed by atoms with Crippen molar-refractivity contribution < 1.29 is 13.2 Å². The van der Waals surface area contributed by atoms with E-state index in [1.54, 1.807) is 12.1 Å². The molecule has 20 heavy (non-hydrogen) atoms. The Morgan fingerprint density at radius 3 is 2.40 bits per heavy atom. The second-order valence-electron chi connectivity index (χ2n) is 6.32. The molecule has 0 radical (unpaired) electrons. The Morgan fingerprint density at radius 2 is 1.90 bits per heavy atom. The maximum absolute atomic E-state index is 13.2. The average Bonchev–Trinajstić information content (AvgIpc) is 2.98. The van der Waals surface area contributed by atoms with Crippen LogP contribution < -0.4 is 5.32 Å². The zero-order valence-corrected chi connectivity index (χ0v) is 12.2. The normalized spacial score (nSPS) is 22.6. The highest BCUT2D eigenvalue weighted by atomic mass is 19.4. The minimum Gasteiger partial charge on any atom is -0.310 e. The third kappa shape index (κ3) is 3.17. The molecule has 0 heterocycles. The second kappa shape index (κ2) is 5.40. The third-order valence-corrected chi connectivity index (χ3v) is 4.21. The SMILES string of the molecule is CCCNC(c1ccccc1C(F)(F)F)C1CC1(C)C. The summed E-state index contributed by atoms with van der Waals surface area (Å²) in [6.07, 6.45) is -2.40. The summed E-state index contributed by atoms with van der Waals surface area (Å²) in [6, 6.07) is 5.75. The first-order valence-electron chi connectivity index (χ1n) is 7.17. The van der Waals surface area contributed by atoms with Gasteiger partial charge in [0.1, 0.15) is 0 Å². The van der Waals surface area contributed by atoms with Gasteiger partial charge in [0.15, 0.2) is 0 Å². The molecule has 1 saturated carbocycles. The maximum atomic E-state index is 13.2. The number of nitrogens with one attached hydrogen (secondary N) is 1. The van der Waals surface area contributed by atoms with E-state index in [1.807, 2.05) is 6.92 Å². The van der Waals surface area contributed by atoms with Gasteiger partial charge in [0, 0.05) is 6.04 Å². The van der Waals surface area contributed by atoms with E-state index in [1.165, 1.54) is 12.1 Å². The van der Waals surface area contributed by atoms with Crippen LogP contribution >= 0.6 is 0 Å². The number of halogens is 3. The van der Waals surface area contributed by atoms with E-state index in [9.17, 15) is 13.2 Å². The van der Waals surface area contributed by atoms with Crippen LogP contribution in [0.2, 0.25) is 0 Å². The molecule has 0 bridgehead atoms. The molecule has 0 aromatic heterocycles. The molecule has 0 spiro atoms. The molecule has 2 atom stereocenters. The van der Waals surface area contributed by atoms with Crippen molar-refractivity contribution in [3.63, 3.8) is 0 Å². The van der Waals surface area contributed by atoms with Crippen molar-refractivity contribution in [1.29, 1.82) is 0 Å². The second-order valence-corrected chi connectivity index (χ2v) is 6.32. The predicted molar refractivity (Wildman–Crippen MR) is 74.4 cm³/mol. The van der Waals surface area contributed by atoms with Gasteiger partial charge in [0.05, 0.1) is 5.56 Å². The van der Waals surface area contributed by atoms with Gasteiger partial charge in [-0.1, -0.05) is 39.0 Å². The zero-order chi connectivity index (χ0) is 15.0. The lowest BCUT2D eigenvalue weighted by atomic mass is 9.93. The van der Waals surface area contributed by atoms with Crippen LogP contribution in [0.3, 0.4) is 0 Å². The van der Waals surface area contributed by atoms with Crippen LogP contribution in [0.1, 0.15) is 50.8 Å². The molecular formula is C16H22F3N. The lowest BCUT2D eigenvalue weighted by Gasteiger charge is -2.24. The first-order valence-corrected chi connectivity index (χ1v) is 7.17. The molecular weight excluding hydrogens is 263 g/mol. The largest absolute Gasteiger partial charge is 0.416 e. The molecule has 0 amide bonds. The van der Waals surface area contributed by atoms with Crippen LogP contribution in [0.25, 0.3) is 0 Å². The molecule has 0 aliphatic heterocycles. The molecule has 1 aliphatic carbocycles. The quantitative estimate of drug-likeness (QED) is 0.820. The van der Waals surface area contributed by atoms with Gasteiger partial charge in [-0.15, -0.1) is 0 Å². The van der Waals surface area contributed by atoms with Crippen LogP contribution in [-0.4, -0.2) is 6.54 Å². The van der Waals surface area contributed by atoms with E-state index >= 15 is 0 Å². The molecule has 2 rings (SSSR count). The molecule has 4 heteroatoms. The molecule has 2 unspecified atom stereocenters. The molecule has 1 N–H and O–H groups in total. The number of alkyl halides is 3. The molecule has 1 nitrogen and oxygen atoms in total. The molecule has 0 saturated heterocycles. The predicted octanol–water partition coefficient (Wildman–Crippen LogP) is 4.79. The highest BCUT2D eigenvalue weighted by molar-refractivity contribution is 5.34. The van der Waals surface area contributed by atoms with Gasteiger partial charge in [-0.2, -0.15) is 13.2 Å². The van der Waals surface area contributed by atoms with Gasteiger partial charge >= 0.3 is 6.18 Å². The van der Waals surface area contributed by atoms with Crippen molar-refractivity contribution in [2.24, 2.45) is 11.3 Å². The monoisotopic (exact) mass is 285 g/mol. The van der Waals surface area contributed by atoms with Crippen LogP contribution in [0.15, 0.2) is 24.3 Å². The Hall–Kier alpha value is -1.03. The molecule has 1 aliphatic rings. The Labute approximate surface area is 118 Å². The van der Waals surface area contributed by atoms with E-state index < -0.39 is 11.7 Å². The highest BCUT2D eigenvalue weighted by Crippen LogP contribution is 2.58. The summed E-state index contributed by atoms with van der Waals surface area (Å²) >= 11 is 0. The van der Waals surface area contributed by atoms with Crippen molar-refractivity contribution in [3.8, 4) is 0 Å². The van der Waals surface area contributed by atoms with E-state index in [0.717, 1.165) is 19.4 Å². The van der Waals surface area contributed by atoms with Gasteiger partial charge in [-0.05, 0) is 42.3 Å². The Kier molecular flexibility index (Phi) is 4.14. The van der Waals surface area contributed by atoms with E-state index in [-0.39, 0.29) is 17.4 Å². The fourth-order valence-electron chi connectivity index (χ4n) is 2.87. The van der Waals surface area contributed by atoms with Crippen LogP contribution in [0.5, 0.6) is 0 Å². The summed E-state index contributed by atoms with van der Waals surface area (Å²) in [5.74, 6) is 0.276. The Balaban J connectivity index is 2.34. The van der Waals surface area contributed by atoms with Crippen LogP contribution in [0.4, 0.5) is 13.2 Å². The summed E-state index contributed by atoms with van der Waals surface area (Å²) in [5.41, 5.74) is 0.0183. The summed E-state index contributed by atoms with van der Waals surface area (Å²) in [7, 11) is 0.